The lowest BCUT2D eigenvalue weighted by molar-refractivity contribution is 0.0672. The molecule has 0 saturated carbocycles. The summed E-state index contributed by atoms with van der Waals surface area (Å²) in [5, 5.41) is 21.1. The topological polar surface area (TPSA) is 83.7 Å². The molecule has 1 unspecified atom stereocenters. The summed E-state index contributed by atoms with van der Waals surface area (Å²) >= 11 is 0. The SMILES string of the molecule is CCNC(=NCC(C)(O)c1cnn(C)c1)NCCOc1ccccc1.I. The maximum Gasteiger partial charge on any atom is 0.191 e. The van der Waals surface area contributed by atoms with Gasteiger partial charge in [-0.25, -0.2) is 4.99 Å². The first-order valence-electron chi connectivity index (χ1n) is 8.43. The maximum atomic E-state index is 10.6. The number of guanidine groups is 1. The number of aromatic nitrogens is 2. The number of nitrogens with one attached hydrogen (secondary N) is 2. The van der Waals surface area contributed by atoms with Crippen LogP contribution < -0.4 is 15.4 Å². The molecule has 2 rings (SSSR count). The normalized spacial score (nSPS) is 13.5. The van der Waals surface area contributed by atoms with Crippen LogP contribution in [0.2, 0.25) is 0 Å². The Morgan fingerprint density at radius 3 is 2.65 bits per heavy atom. The van der Waals surface area contributed by atoms with Gasteiger partial charge in [0.1, 0.15) is 18.0 Å². The van der Waals surface area contributed by atoms with Gasteiger partial charge in [0.2, 0.25) is 0 Å². The zero-order valence-electron chi connectivity index (χ0n) is 15.5. The van der Waals surface area contributed by atoms with Crippen molar-refractivity contribution in [1.29, 1.82) is 0 Å². The minimum absolute atomic E-state index is 0. The van der Waals surface area contributed by atoms with Crippen LogP contribution in [-0.4, -0.2) is 47.1 Å². The molecule has 0 radical (unpaired) electrons. The highest BCUT2D eigenvalue weighted by atomic mass is 127. The van der Waals surface area contributed by atoms with Crippen molar-refractivity contribution in [2.24, 2.45) is 12.0 Å². The number of ether oxygens (including phenoxy) is 1. The largest absolute Gasteiger partial charge is 0.492 e. The van der Waals surface area contributed by atoms with Gasteiger partial charge in [-0.2, -0.15) is 5.10 Å². The van der Waals surface area contributed by atoms with E-state index in [0.29, 0.717) is 19.1 Å². The smallest absolute Gasteiger partial charge is 0.191 e. The number of hydrogen-bond donors (Lipinski definition) is 3. The van der Waals surface area contributed by atoms with Gasteiger partial charge in [-0.05, 0) is 26.0 Å². The van der Waals surface area contributed by atoms with E-state index in [0.717, 1.165) is 17.9 Å². The fourth-order valence-corrected chi connectivity index (χ4v) is 2.22. The molecule has 26 heavy (non-hydrogen) atoms. The lowest BCUT2D eigenvalue weighted by Gasteiger charge is -2.20. The van der Waals surface area contributed by atoms with E-state index in [-0.39, 0.29) is 30.5 Å². The number of halogens is 1. The molecule has 1 aromatic carbocycles. The predicted octanol–water partition coefficient (Wildman–Crippen LogP) is 1.88. The Bertz CT molecular complexity index is 673. The third kappa shape index (κ3) is 7.20. The average molecular weight is 473 g/mol. The van der Waals surface area contributed by atoms with Gasteiger partial charge in [0.15, 0.2) is 5.96 Å². The van der Waals surface area contributed by atoms with E-state index in [9.17, 15) is 5.11 Å². The van der Waals surface area contributed by atoms with Gasteiger partial charge < -0.3 is 20.5 Å². The minimum atomic E-state index is -1.07. The Kier molecular flexibility index (Phi) is 9.42. The first-order chi connectivity index (χ1) is 12.0. The van der Waals surface area contributed by atoms with Crippen LogP contribution in [0.1, 0.15) is 19.4 Å². The summed E-state index contributed by atoms with van der Waals surface area (Å²) in [6, 6.07) is 9.67. The quantitative estimate of drug-likeness (QED) is 0.236. The summed E-state index contributed by atoms with van der Waals surface area (Å²) in [4.78, 5) is 4.47. The van der Waals surface area contributed by atoms with Gasteiger partial charge >= 0.3 is 0 Å². The highest BCUT2D eigenvalue weighted by Crippen LogP contribution is 2.19. The van der Waals surface area contributed by atoms with Crippen molar-refractivity contribution in [2.75, 3.05) is 26.2 Å². The van der Waals surface area contributed by atoms with Crippen molar-refractivity contribution >= 4 is 29.9 Å². The number of para-hydroxylation sites is 1. The molecule has 0 spiro atoms. The van der Waals surface area contributed by atoms with Gasteiger partial charge in [0.05, 0.1) is 19.3 Å². The van der Waals surface area contributed by atoms with E-state index >= 15 is 0 Å². The summed E-state index contributed by atoms with van der Waals surface area (Å²) in [6.07, 6.45) is 3.45. The van der Waals surface area contributed by atoms with Gasteiger partial charge in [0, 0.05) is 25.4 Å². The summed E-state index contributed by atoms with van der Waals surface area (Å²) < 4.78 is 7.31. The molecule has 0 bridgehead atoms. The molecule has 0 aliphatic heterocycles. The number of rotatable bonds is 8. The lowest BCUT2D eigenvalue weighted by atomic mass is 10.0. The van der Waals surface area contributed by atoms with E-state index < -0.39 is 5.60 Å². The molecule has 144 valence electrons. The van der Waals surface area contributed by atoms with E-state index in [1.54, 1.807) is 24.0 Å². The molecular weight excluding hydrogens is 445 g/mol. The van der Waals surface area contributed by atoms with Crippen molar-refractivity contribution in [3.05, 3.63) is 48.3 Å². The van der Waals surface area contributed by atoms with E-state index in [2.05, 4.69) is 20.7 Å². The second kappa shape index (κ2) is 11.0. The van der Waals surface area contributed by atoms with Crippen LogP contribution in [0.5, 0.6) is 5.75 Å². The first kappa shape index (κ1) is 22.2. The molecule has 0 aliphatic carbocycles. The third-order valence-corrected chi connectivity index (χ3v) is 3.62. The number of aryl methyl sites for hydroxylation is 1. The van der Waals surface area contributed by atoms with Crippen molar-refractivity contribution in [3.8, 4) is 5.75 Å². The van der Waals surface area contributed by atoms with Crippen molar-refractivity contribution in [2.45, 2.75) is 19.4 Å². The molecule has 3 N–H and O–H groups in total. The molecule has 0 aliphatic rings. The van der Waals surface area contributed by atoms with Crippen LogP contribution in [0.15, 0.2) is 47.7 Å². The van der Waals surface area contributed by atoms with Crippen LogP contribution >= 0.6 is 24.0 Å². The molecule has 1 atom stereocenters. The van der Waals surface area contributed by atoms with Gasteiger partial charge in [-0.3, -0.25) is 4.68 Å². The number of benzene rings is 1. The second-order valence-electron chi connectivity index (χ2n) is 5.96. The van der Waals surface area contributed by atoms with Crippen LogP contribution in [0, 0.1) is 0 Å². The Morgan fingerprint density at radius 2 is 2.04 bits per heavy atom. The highest BCUT2D eigenvalue weighted by Gasteiger charge is 2.24. The molecule has 1 heterocycles. The molecular formula is C18H28IN5O2. The molecule has 8 heteroatoms. The summed E-state index contributed by atoms with van der Waals surface area (Å²) in [6.45, 7) is 5.82. The Balaban J connectivity index is 0.00000338. The van der Waals surface area contributed by atoms with Gasteiger partial charge in [0.25, 0.3) is 0 Å². The van der Waals surface area contributed by atoms with Crippen LogP contribution in [0.3, 0.4) is 0 Å². The van der Waals surface area contributed by atoms with Crippen LogP contribution in [-0.2, 0) is 12.6 Å². The molecule has 0 saturated heterocycles. The van der Waals surface area contributed by atoms with Gasteiger partial charge in [-0.15, -0.1) is 24.0 Å². The van der Waals surface area contributed by atoms with E-state index in [1.165, 1.54) is 0 Å². The first-order valence-corrected chi connectivity index (χ1v) is 8.43. The van der Waals surface area contributed by atoms with Crippen molar-refractivity contribution < 1.29 is 9.84 Å². The summed E-state index contributed by atoms with van der Waals surface area (Å²) in [7, 11) is 1.82. The van der Waals surface area contributed by atoms with Crippen LogP contribution in [0.25, 0.3) is 0 Å². The summed E-state index contributed by atoms with van der Waals surface area (Å²) in [5.41, 5.74) is -0.334. The zero-order valence-corrected chi connectivity index (χ0v) is 17.8. The predicted molar refractivity (Wildman–Crippen MR) is 114 cm³/mol. The minimum Gasteiger partial charge on any atom is -0.492 e. The molecule has 7 nitrogen and oxygen atoms in total. The molecule has 0 fully saturated rings. The number of hydrogen-bond acceptors (Lipinski definition) is 4. The lowest BCUT2D eigenvalue weighted by Crippen LogP contribution is -2.40. The second-order valence-corrected chi connectivity index (χ2v) is 5.96. The highest BCUT2D eigenvalue weighted by molar-refractivity contribution is 14.0. The van der Waals surface area contributed by atoms with E-state index in [1.807, 2.05) is 44.3 Å². The monoisotopic (exact) mass is 473 g/mol. The van der Waals surface area contributed by atoms with Crippen molar-refractivity contribution in [1.82, 2.24) is 20.4 Å². The molecule has 0 amide bonds. The standard InChI is InChI=1S/C18H27N5O2.HI/c1-4-19-17(20-10-11-25-16-8-6-5-7-9-16)21-14-18(2,24)15-12-22-23(3)13-15;/h5-9,12-13,24H,4,10-11,14H2,1-3H3,(H2,19,20,21);1H. The van der Waals surface area contributed by atoms with Crippen molar-refractivity contribution in [3.63, 3.8) is 0 Å². The Morgan fingerprint density at radius 1 is 1.31 bits per heavy atom. The zero-order chi connectivity index (χ0) is 18.1. The maximum absolute atomic E-state index is 10.6. The summed E-state index contributed by atoms with van der Waals surface area (Å²) in [5.74, 6) is 1.48. The fraction of sp³-hybridized carbons (Fsp3) is 0.444. The number of aliphatic imine (C=N–C) groups is 1. The fourth-order valence-electron chi connectivity index (χ4n) is 2.22. The molecule has 1 aromatic heterocycles. The third-order valence-electron chi connectivity index (χ3n) is 3.62. The number of aliphatic hydroxyl groups is 1. The number of nitrogens with zero attached hydrogens (tertiary/aromatic N) is 3. The van der Waals surface area contributed by atoms with Crippen LogP contribution in [0.4, 0.5) is 0 Å². The Hall–Kier alpha value is -1.81. The van der Waals surface area contributed by atoms with E-state index in [4.69, 9.17) is 4.74 Å². The average Bonchev–Trinajstić information content (AvgIpc) is 3.05. The molecule has 2 aromatic rings. The van der Waals surface area contributed by atoms with Gasteiger partial charge in [-0.1, -0.05) is 18.2 Å². The Labute approximate surface area is 171 Å².